The number of Topliss-reactive ketones (excluding diaryl/α,β-unsaturated/α-hetero) is 1. The average Bonchev–Trinajstić information content (AvgIpc) is 3.11. The van der Waals surface area contributed by atoms with Crippen molar-refractivity contribution < 1.29 is 32.2 Å². The summed E-state index contributed by atoms with van der Waals surface area (Å²) in [5.74, 6) is -1.06. The predicted molar refractivity (Wildman–Crippen MR) is 126 cm³/mol. The minimum atomic E-state index is -3.77. The highest BCUT2D eigenvalue weighted by molar-refractivity contribution is 7.89. The maximum atomic E-state index is 13.1. The second-order valence-corrected chi connectivity index (χ2v) is 10.2. The first-order valence-electron chi connectivity index (χ1n) is 11.2. The summed E-state index contributed by atoms with van der Waals surface area (Å²) in [5, 5.41) is 0. The third-order valence-electron chi connectivity index (χ3n) is 5.95. The number of esters is 1. The average molecular weight is 493 g/mol. The fraction of sp³-hybridized carbons (Fsp3) is 0.500. The first-order valence-corrected chi connectivity index (χ1v) is 12.7. The molecule has 2 heterocycles. The number of benzene rings is 1. The van der Waals surface area contributed by atoms with Crippen LogP contribution in [-0.2, 0) is 30.8 Å². The van der Waals surface area contributed by atoms with Crippen LogP contribution in [0.2, 0.25) is 0 Å². The van der Waals surface area contributed by atoms with E-state index in [2.05, 4.69) is 0 Å². The monoisotopic (exact) mass is 492 g/mol. The Morgan fingerprint density at radius 2 is 1.79 bits per heavy atom. The largest absolute Gasteiger partial charge is 0.454 e. The number of sulfonamides is 1. The van der Waals surface area contributed by atoms with Gasteiger partial charge in [-0.1, -0.05) is 6.07 Å². The van der Waals surface area contributed by atoms with Crippen molar-refractivity contribution in [3.8, 4) is 0 Å². The molecule has 1 aromatic heterocycles. The lowest BCUT2D eigenvalue weighted by Gasteiger charge is -2.26. The molecule has 3 rings (SSSR count). The molecule has 0 aliphatic carbocycles. The summed E-state index contributed by atoms with van der Waals surface area (Å²) < 4.78 is 45.1. The Hall–Kier alpha value is -2.53. The number of methoxy groups -OCH3 is 1. The highest BCUT2D eigenvalue weighted by Crippen LogP contribution is 2.23. The summed E-state index contributed by atoms with van der Waals surface area (Å²) in [5.41, 5.74) is 2.86. The summed E-state index contributed by atoms with van der Waals surface area (Å²) in [7, 11) is -2.13. The highest BCUT2D eigenvalue weighted by Gasteiger charge is 2.29. The van der Waals surface area contributed by atoms with Gasteiger partial charge in [0.2, 0.25) is 15.8 Å². The fourth-order valence-electron chi connectivity index (χ4n) is 4.02. The molecule has 0 amide bonds. The zero-order valence-corrected chi connectivity index (χ0v) is 20.9. The number of carbonyl (C=O) groups is 2. The molecule has 1 saturated heterocycles. The minimum absolute atomic E-state index is 0.0507. The second kappa shape index (κ2) is 11.3. The predicted octanol–water partition coefficient (Wildman–Crippen LogP) is 2.51. The van der Waals surface area contributed by atoms with Crippen LogP contribution in [0.1, 0.15) is 44.1 Å². The van der Waals surface area contributed by atoms with Crippen molar-refractivity contribution in [2.45, 2.75) is 38.6 Å². The summed E-state index contributed by atoms with van der Waals surface area (Å²) in [4.78, 5) is 25.5. The van der Waals surface area contributed by atoms with E-state index in [-0.39, 0.29) is 29.3 Å². The molecule has 10 heteroatoms. The van der Waals surface area contributed by atoms with Crippen molar-refractivity contribution in [1.82, 2.24) is 8.87 Å². The van der Waals surface area contributed by atoms with Crippen LogP contribution in [-0.4, -0.2) is 75.7 Å². The molecule has 0 bridgehead atoms. The van der Waals surface area contributed by atoms with E-state index in [0.717, 1.165) is 24.4 Å². The normalized spacial score (nSPS) is 14.8. The summed E-state index contributed by atoms with van der Waals surface area (Å²) >= 11 is 0. The number of rotatable bonds is 10. The van der Waals surface area contributed by atoms with Gasteiger partial charge in [-0.05, 0) is 51.0 Å². The van der Waals surface area contributed by atoms with Crippen LogP contribution >= 0.6 is 0 Å². The molecule has 0 radical (unpaired) electrons. The smallest absolute Gasteiger partial charge is 0.338 e. The molecule has 1 aliphatic heterocycles. The molecule has 0 atom stereocenters. The third-order valence-corrected chi connectivity index (χ3v) is 7.99. The van der Waals surface area contributed by atoms with Gasteiger partial charge in [0.25, 0.3) is 0 Å². The number of hydrogen-bond donors (Lipinski definition) is 0. The van der Waals surface area contributed by atoms with E-state index in [1.165, 1.54) is 16.4 Å². The lowest BCUT2D eigenvalue weighted by molar-refractivity contribution is 0.0474. The first-order chi connectivity index (χ1) is 16.2. The van der Waals surface area contributed by atoms with Gasteiger partial charge in [-0.2, -0.15) is 4.31 Å². The number of morpholine rings is 1. The first kappa shape index (κ1) is 26.1. The van der Waals surface area contributed by atoms with Gasteiger partial charge in [0, 0.05) is 50.3 Å². The standard InChI is InChI=1S/C24H32N2O7S/c1-17-6-7-20(15-23(17)34(29,30)25-9-12-32-13-10-25)24(28)33-16-22(27)21-14-18(2)26(19(21)3)8-5-11-31-4/h6-7,14-15H,5,8-13,16H2,1-4H3. The zero-order valence-electron chi connectivity index (χ0n) is 20.1. The molecule has 0 unspecified atom stereocenters. The quantitative estimate of drug-likeness (QED) is 0.285. The highest BCUT2D eigenvalue weighted by atomic mass is 32.2. The minimum Gasteiger partial charge on any atom is -0.454 e. The van der Waals surface area contributed by atoms with E-state index in [0.29, 0.717) is 30.9 Å². The van der Waals surface area contributed by atoms with Crippen LogP contribution in [0.25, 0.3) is 0 Å². The Kier molecular flexibility index (Phi) is 8.64. The molecule has 0 spiro atoms. The molecular formula is C24H32N2O7S. The Balaban J connectivity index is 1.70. The number of ether oxygens (including phenoxy) is 3. The van der Waals surface area contributed by atoms with Gasteiger partial charge < -0.3 is 18.8 Å². The van der Waals surface area contributed by atoms with Gasteiger partial charge in [0.15, 0.2) is 6.61 Å². The van der Waals surface area contributed by atoms with Gasteiger partial charge in [0.1, 0.15) is 0 Å². The van der Waals surface area contributed by atoms with Crippen LogP contribution in [0.4, 0.5) is 0 Å². The Labute approximate surface area is 200 Å². The number of aromatic nitrogens is 1. The maximum Gasteiger partial charge on any atom is 0.338 e. The molecule has 9 nitrogen and oxygen atoms in total. The molecule has 186 valence electrons. The molecule has 2 aromatic rings. The van der Waals surface area contributed by atoms with Crippen molar-refractivity contribution in [2.75, 3.05) is 46.6 Å². The summed E-state index contributed by atoms with van der Waals surface area (Å²) in [6.07, 6.45) is 0.818. The van der Waals surface area contributed by atoms with Crippen LogP contribution in [0.3, 0.4) is 0 Å². The summed E-state index contributed by atoms with van der Waals surface area (Å²) in [6, 6.07) is 6.17. The van der Waals surface area contributed by atoms with Crippen molar-refractivity contribution in [3.63, 3.8) is 0 Å². The lowest BCUT2D eigenvalue weighted by atomic mass is 10.1. The Morgan fingerprint density at radius 3 is 2.47 bits per heavy atom. The number of aryl methyl sites for hydroxylation is 2. The Bertz CT molecular complexity index is 1150. The second-order valence-electron chi connectivity index (χ2n) is 8.28. The zero-order chi connectivity index (χ0) is 24.9. The molecule has 1 aliphatic rings. The summed E-state index contributed by atoms with van der Waals surface area (Å²) in [6.45, 7) is 7.55. The van der Waals surface area contributed by atoms with Crippen LogP contribution in [0.5, 0.6) is 0 Å². The fourth-order valence-corrected chi connectivity index (χ4v) is 5.68. The van der Waals surface area contributed by atoms with Gasteiger partial charge in [0.05, 0.1) is 23.7 Å². The number of carbonyl (C=O) groups excluding carboxylic acids is 2. The molecule has 34 heavy (non-hydrogen) atoms. The van der Waals surface area contributed by atoms with Gasteiger partial charge >= 0.3 is 5.97 Å². The van der Waals surface area contributed by atoms with E-state index >= 15 is 0 Å². The van der Waals surface area contributed by atoms with Crippen molar-refractivity contribution in [1.29, 1.82) is 0 Å². The molecular weight excluding hydrogens is 460 g/mol. The van der Waals surface area contributed by atoms with Crippen molar-refractivity contribution in [3.05, 3.63) is 52.3 Å². The Morgan fingerprint density at radius 1 is 1.09 bits per heavy atom. The van der Waals surface area contributed by atoms with Crippen LogP contribution in [0.15, 0.2) is 29.2 Å². The van der Waals surface area contributed by atoms with E-state index in [1.54, 1.807) is 26.2 Å². The topological polar surface area (TPSA) is 104 Å². The van der Waals surface area contributed by atoms with Gasteiger partial charge in [-0.25, -0.2) is 13.2 Å². The number of hydrogen-bond acceptors (Lipinski definition) is 7. The van der Waals surface area contributed by atoms with Gasteiger partial charge in [-0.3, -0.25) is 4.79 Å². The lowest BCUT2D eigenvalue weighted by Crippen LogP contribution is -2.40. The third kappa shape index (κ3) is 5.75. The van der Waals surface area contributed by atoms with E-state index in [1.807, 2.05) is 18.4 Å². The van der Waals surface area contributed by atoms with E-state index < -0.39 is 22.6 Å². The molecule has 1 fully saturated rings. The van der Waals surface area contributed by atoms with Crippen LogP contribution in [0, 0.1) is 20.8 Å². The maximum absolute atomic E-state index is 13.1. The SMILES string of the molecule is COCCCn1c(C)cc(C(=O)COC(=O)c2ccc(C)c(S(=O)(=O)N3CCOCC3)c2)c1C. The van der Waals surface area contributed by atoms with Crippen molar-refractivity contribution >= 4 is 21.8 Å². The van der Waals surface area contributed by atoms with Crippen molar-refractivity contribution in [2.24, 2.45) is 0 Å². The molecule has 0 N–H and O–H groups in total. The van der Waals surface area contributed by atoms with E-state index in [9.17, 15) is 18.0 Å². The van der Waals surface area contributed by atoms with Crippen LogP contribution < -0.4 is 0 Å². The van der Waals surface area contributed by atoms with Gasteiger partial charge in [-0.15, -0.1) is 0 Å². The van der Waals surface area contributed by atoms with E-state index in [4.69, 9.17) is 14.2 Å². The number of ketones is 1. The number of nitrogens with zero attached hydrogens (tertiary/aromatic N) is 2. The molecule has 0 saturated carbocycles. The molecule has 1 aromatic carbocycles.